The predicted octanol–water partition coefficient (Wildman–Crippen LogP) is 2.12. The minimum atomic E-state index is -0.449. The first kappa shape index (κ1) is 18.0. The summed E-state index contributed by atoms with van der Waals surface area (Å²) in [7, 11) is 2.93. The highest BCUT2D eigenvalue weighted by Crippen LogP contribution is 2.17. The average Bonchev–Trinajstić information content (AvgIpc) is 2.61. The fraction of sp³-hybridized carbons (Fsp3) is 0.312. The molecule has 1 N–H and O–H groups in total. The molecule has 2 aromatic rings. The van der Waals surface area contributed by atoms with Crippen LogP contribution in [0.5, 0.6) is 0 Å². The van der Waals surface area contributed by atoms with Gasteiger partial charge in [0, 0.05) is 20.3 Å². The van der Waals surface area contributed by atoms with Crippen LogP contribution in [0.15, 0.2) is 35.3 Å². The fourth-order valence-electron chi connectivity index (χ4n) is 2.04. The Morgan fingerprint density at radius 1 is 1.29 bits per heavy atom. The van der Waals surface area contributed by atoms with Crippen LogP contribution >= 0.6 is 11.6 Å². The van der Waals surface area contributed by atoms with Crippen molar-refractivity contribution < 1.29 is 14.3 Å². The lowest BCUT2D eigenvalue weighted by Gasteiger charge is -2.10. The summed E-state index contributed by atoms with van der Waals surface area (Å²) >= 11 is 6.12. The number of carbonyl (C=O) groups is 1. The number of nitrogens with zero attached hydrogens (tertiary/aromatic N) is 2. The van der Waals surface area contributed by atoms with Crippen molar-refractivity contribution in [3.8, 4) is 5.69 Å². The summed E-state index contributed by atoms with van der Waals surface area (Å²) < 4.78 is 10.8. The fourth-order valence-corrected chi connectivity index (χ4v) is 2.23. The predicted molar refractivity (Wildman–Crippen MR) is 91.2 cm³/mol. The number of benzene rings is 1. The second-order valence-corrected chi connectivity index (χ2v) is 5.28. The number of ether oxygens (including phenoxy) is 2. The quantitative estimate of drug-likeness (QED) is 0.607. The largest absolute Gasteiger partial charge is 0.465 e. The molecule has 0 radical (unpaired) electrons. The zero-order valence-electron chi connectivity index (χ0n) is 13.4. The smallest absolute Gasteiger partial charge is 0.337 e. The van der Waals surface area contributed by atoms with Crippen LogP contribution in [0.3, 0.4) is 0 Å². The van der Waals surface area contributed by atoms with Crippen molar-refractivity contribution in [2.24, 2.45) is 0 Å². The second-order valence-electron chi connectivity index (χ2n) is 4.90. The Hall–Kier alpha value is -2.38. The second kappa shape index (κ2) is 8.47. The minimum absolute atomic E-state index is 0.0551. The van der Waals surface area contributed by atoms with E-state index in [4.69, 9.17) is 16.3 Å². The van der Waals surface area contributed by atoms with E-state index in [0.717, 1.165) is 6.42 Å². The summed E-state index contributed by atoms with van der Waals surface area (Å²) in [5, 5.41) is 7.22. The first-order valence-electron chi connectivity index (χ1n) is 7.28. The molecule has 0 atom stereocenters. The highest BCUT2D eigenvalue weighted by molar-refractivity contribution is 6.32. The van der Waals surface area contributed by atoms with Gasteiger partial charge < -0.3 is 14.8 Å². The van der Waals surface area contributed by atoms with E-state index in [1.54, 1.807) is 31.4 Å². The molecule has 1 aromatic carbocycles. The number of carbonyl (C=O) groups excluding carboxylic acids is 1. The van der Waals surface area contributed by atoms with Gasteiger partial charge in [-0.2, -0.15) is 9.78 Å². The maximum absolute atomic E-state index is 12.4. The van der Waals surface area contributed by atoms with Crippen molar-refractivity contribution in [2.45, 2.75) is 6.42 Å². The maximum atomic E-state index is 12.4. The van der Waals surface area contributed by atoms with Crippen molar-refractivity contribution in [1.29, 1.82) is 0 Å². The minimum Gasteiger partial charge on any atom is -0.465 e. The third-order valence-corrected chi connectivity index (χ3v) is 3.66. The van der Waals surface area contributed by atoms with Gasteiger partial charge >= 0.3 is 5.97 Å². The highest BCUT2D eigenvalue weighted by atomic mass is 35.5. The molecule has 1 heterocycles. The van der Waals surface area contributed by atoms with Crippen LogP contribution in [0.1, 0.15) is 16.8 Å². The number of aromatic nitrogens is 2. The lowest BCUT2D eigenvalue weighted by molar-refractivity contribution is 0.0600. The number of anilines is 1. The number of halogens is 1. The molecule has 0 amide bonds. The topological polar surface area (TPSA) is 82.4 Å². The van der Waals surface area contributed by atoms with Gasteiger partial charge in [-0.1, -0.05) is 11.6 Å². The normalized spacial score (nSPS) is 10.5. The summed E-state index contributed by atoms with van der Waals surface area (Å²) in [5.74, 6) is -0.449. The lowest BCUT2D eigenvalue weighted by Crippen LogP contribution is -2.23. The van der Waals surface area contributed by atoms with Crippen LogP contribution in [0.4, 0.5) is 5.69 Å². The highest BCUT2D eigenvalue weighted by Gasteiger charge is 2.11. The van der Waals surface area contributed by atoms with Crippen LogP contribution in [0, 0.1) is 0 Å². The molecular weight excluding hydrogens is 334 g/mol. The molecule has 0 aliphatic carbocycles. The van der Waals surface area contributed by atoms with E-state index in [2.05, 4.69) is 15.2 Å². The number of nitrogens with one attached hydrogen (secondary N) is 1. The van der Waals surface area contributed by atoms with Crippen molar-refractivity contribution in [3.63, 3.8) is 0 Å². The lowest BCUT2D eigenvalue weighted by atomic mass is 10.2. The van der Waals surface area contributed by atoms with Gasteiger partial charge in [0.2, 0.25) is 0 Å². The molecule has 2 rings (SSSR count). The van der Waals surface area contributed by atoms with Crippen molar-refractivity contribution >= 4 is 23.3 Å². The zero-order chi connectivity index (χ0) is 17.5. The summed E-state index contributed by atoms with van der Waals surface area (Å²) in [6, 6.07) is 6.31. The van der Waals surface area contributed by atoms with E-state index in [1.165, 1.54) is 18.0 Å². The average molecular weight is 352 g/mol. The monoisotopic (exact) mass is 351 g/mol. The molecule has 0 aliphatic heterocycles. The SMILES string of the molecule is COCCCNc1cnn(-c2ccc(C(=O)OC)cc2)c(=O)c1Cl. The van der Waals surface area contributed by atoms with Crippen LogP contribution in [-0.2, 0) is 9.47 Å². The van der Waals surface area contributed by atoms with Gasteiger partial charge in [0.1, 0.15) is 5.02 Å². The van der Waals surface area contributed by atoms with Crippen molar-refractivity contribution in [2.75, 3.05) is 32.7 Å². The Labute approximate surface area is 144 Å². The molecule has 8 heteroatoms. The van der Waals surface area contributed by atoms with E-state index < -0.39 is 11.5 Å². The standard InChI is InChI=1S/C16H18ClN3O4/c1-23-9-3-8-18-13-10-19-20(15(21)14(13)17)12-6-4-11(5-7-12)16(22)24-2/h4-7,10,18H,3,8-9H2,1-2H3. The number of hydrogen-bond acceptors (Lipinski definition) is 6. The molecule has 7 nitrogen and oxygen atoms in total. The zero-order valence-corrected chi connectivity index (χ0v) is 14.2. The summed E-state index contributed by atoms with van der Waals surface area (Å²) in [6.45, 7) is 1.23. The van der Waals surface area contributed by atoms with Gasteiger partial charge in [-0.25, -0.2) is 4.79 Å². The molecule has 0 fully saturated rings. The van der Waals surface area contributed by atoms with Gasteiger partial charge in [-0.05, 0) is 30.7 Å². The first-order valence-corrected chi connectivity index (χ1v) is 7.65. The number of rotatable bonds is 7. The number of hydrogen-bond donors (Lipinski definition) is 1. The third-order valence-electron chi connectivity index (χ3n) is 3.29. The van der Waals surface area contributed by atoms with Crippen LogP contribution in [-0.4, -0.2) is 43.1 Å². The molecular formula is C16H18ClN3O4. The van der Waals surface area contributed by atoms with Gasteiger partial charge in [0.15, 0.2) is 0 Å². The van der Waals surface area contributed by atoms with Crippen LogP contribution in [0.2, 0.25) is 5.02 Å². The molecule has 0 spiro atoms. The van der Waals surface area contributed by atoms with E-state index in [1.807, 2.05) is 0 Å². The molecule has 0 unspecified atom stereocenters. The molecule has 128 valence electrons. The first-order chi connectivity index (χ1) is 11.6. The van der Waals surface area contributed by atoms with Crippen molar-refractivity contribution in [3.05, 3.63) is 51.4 Å². The molecule has 0 bridgehead atoms. The van der Waals surface area contributed by atoms with E-state index in [9.17, 15) is 9.59 Å². The molecule has 0 saturated carbocycles. The Kier molecular flexibility index (Phi) is 6.34. The summed E-state index contributed by atoms with van der Waals surface area (Å²) in [6.07, 6.45) is 2.27. The van der Waals surface area contributed by atoms with Gasteiger partial charge in [-0.3, -0.25) is 4.79 Å². The van der Waals surface area contributed by atoms with E-state index in [0.29, 0.717) is 30.1 Å². The van der Waals surface area contributed by atoms with E-state index in [-0.39, 0.29) is 5.02 Å². The maximum Gasteiger partial charge on any atom is 0.337 e. The van der Waals surface area contributed by atoms with Crippen LogP contribution < -0.4 is 10.9 Å². The van der Waals surface area contributed by atoms with E-state index >= 15 is 0 Å². The Morgan fingerprint density at radius 2 is 2.00 bits per heavy atom. The van der Waals surface area contributed by atoms with Crippen molar-refractivity contribution in [1.82, 2.24) is 9.78 Å². The van der Waals surface area contributed by atoms with Crippen LogP contribution in [0.25, 0.3) is 5.69 Å². The molecule has 1 aromatic heterocycles. The number of methoxy groups -OCH3 is 2. The summed E-state index contributed by atoms with van der Waals surface area (Å²) in [4.78, 5) is 23.8. The molecule has 0 saturated heterocycles. The Bertz CT molecular complexity index is 759. The van der Waals surface area contributed by atoms with Gasteiger partial charge in [0.25, 0.3) is 5.56 Å². The Balaban J connectivity index is 2.21. The van der Waals surface area contributed by atoms with Gasteiger partial charge in [-0.15, -0.1) is 0 Å². The summed E-state index contributed by atoms with van der Waals surface area (Å²) in [5.41, 5.74) is 0.914. The number of esters is 1. The molecule has 0 aliphatic rings. The van der Waals surface area contributed by atoms with Gasteiger partial charge in [0.05, 0.1) is 30.2 Å². The third kappa shape index (κ3) is 4.12. The Morgan fingerprint density at radius 3 is 2.62 bits per heavy atom. The molecule has 24 heavy (non-hydrogen) atoms.